The zero-order chi connectivity index (χ0) is 29.8. The van der Waals surface area contributed by atoms with E-state index in [0.717, 1.165) is 47.5 Å². The number of aromatic amines is 1. The lowest BCUT2D eigenvalue weighted by Crippen LogP contribution is -2.36. The van der Waals surface area contributed by atoms with E-state index in [1.165, 1.54) is 24.0 Å². The fourth-order valence-electron chi connectivity index (χ4n) is 5.85. The van der Waals surface area contributed by atoms with Crippen molar-refractivity contribution in [3.8, 4) is 0 Å². The predicted molar refractivity (Wildman–Crippen MR) is 164 cm³/mol. The lowest BCUT2D eigenvalue weighted by Gasteiger charge is -2.40. The number of carbonyl (C=O) groups is 1. The first-order valence-electron chi connectivity index (χ1n) is 14.1. The summed E-state index contributed by atoms with van der Waals surface area (Å²) in [4.78, 5) is 31.9. The average Bonchev–Trinajstić information content (AvgIpc) is 3.54. The summed E-state index contributed by atoms with van der Waals surface area (Å²) in [6, 6.07) is 18.5. The maximum atomic E-state index is 14.6. The van der Waals surface area contributed by atoms with Crippen LogP contribution in [0.25, 0.3) is 0 Å². The Morgan fingerprint density at radius 3 is 2.63 bits per heavy atom. The van der Waals surface area contributed by atoms with Gasteiger partial charge in [0.05, 0.1) is 33.4 Å². The number of benzene rings is 2. The van der Waals surface area contributed by atoms with E-state index in [4.69, 9.17) is 28.2 Å². The molecule has 2 N–H and O–H groups in total. The van der Waals surface area contributed by atoms with Crippen molar-refractivity contribution in [3.05, 3.63) is 147 Å². The van der Waals surface area contributed by atoms with Crippen molar-refractivity contribution >= 4 is 29.1 Å². The molecular formula is C33H29Cl2FN6O. The number of amides is 1. The van der Waals surface area contributed by atoms with Crippen molar-refractivity contribution in [3.63, 3.8) is 0 Å². The van der Waals surface area contributed by atoms with Crippen LogP contribution in [0.3, 0.4) is 0 Å². The first-order chi connectivity index (χ1) is 21.0. The van der Waals surface area contributed by atoms with E-state index in [1.807, 2.05) is 30.5 Å². The number of imidazole rings is 1. The van der Waals surface area contributed by atoms with E-state index in [0.29, 0.717) is 6.54 Å². The van der Waals surface area contributed by atoms with Gasteiger partial charge in [-0.2, -0.15) is 0 Å². The van der Waals surface area contributed by atoms with Gasteiger partial charge in [-0.15, -0.1) is 0 Å². The lowest BCUT2D eigenvalue weighted by atomic mass is 9.88. The SMILES string of the molecule is O=C(NCc1cccc(CN(C2CCCc3cccnc32)C(c2cccc(F)c2)c2ncc[nH]2)c1)c1c(Cl)cncc1Cl. The maximum absolute atomic E-state index is 14.6. The van der Waals surface area contributed by atoms with E-state index >= 15 is 0 Å². The Labute approximate surface area is 259 Å². The summed E-state index contributed by atoms with van der Waals surface area (Å²) in [5, 5.41) is 3.30. The topological polar surface area (TPSA) is 86.8 Å². The van der Waals surface area contributed by atoms with E-state index in [1.54, 1.807) is 24.5 Å². The van der Waals surface area contributed by atoms with Gasteiger partial charge in [0.15, 0.2) is 0 Å². The monoisotopic (exact) mass is 614 g/mol. The summed E-state index contributed by atoms with van der Waals surface area (Å²) >= 11 is 12.4. The van der Waals surface area contributed by atoms with Gasteiger partial charge in [0, 0.05) is 44.1 Å². The smallest absolute Gasteiger partial charge is 0.254 e. The van der Waals surface area contributed by atoms with E-state index in [-0.39, 0.29) is 46.0 Å². The first-order valence-corrected chi connectivity index (χ1v) is 14.8. The molecule has 2 aromatic carbocycles. The van der Waals surface area contributed by atoms with Crippen molar-refractivity contribution in [1.29, 1.82) is 0 Å². The van der Waals surface area contributed by atoms with Crippen molar-refractivity contribution < 1.29 is 9.18 Å². The number of aromatic nitrogens is 4. The molecule has 0 fully saturated rings. The van der Waals surface area contributed by atoms with Crippen molar-refractivity contribution in [1.82, 2.24) is 30.2 Å². The standard InChI is InChI=1S/C33H29Cl2FN6O/c34-26-18-37-19-27(35)29(26)33(43)41-17-21-5-1-6-22(15-21)20-42(28-11-3-7-23-9-4-12-38-30(23)28)31(32-39-13-14-40-32)24-8-2-10-25(36)16-24/h1-2,4-6,8-10,12-16,18-19,28,31H,3,7,11,17,20H2,(H,39,40)(H,41,43). The Balaban J connectivity index is 1.34. The van der Waals surface area contributed by atoms with Gasteiger partial charge in [0.2, 0.25) is 0 Å². The summed E-state index contributed by atoms with van der Waals surface area (Å²) in [6.07, 6.45) is 11.0. The zero-order valence-corrected chi connectivity index (χ0v) is 24.7. The fourth-order valence-corrected chi connectivity index (χ4v) is 6.38. The van der Waals surface area contributed by atoms with E-state index in [9.17, 15) is 9.18 Å². The second-order valence-corrected chi connectivity index (χ2v) is 11.4. The summed E-state index contributed by atoms with van der Waals surface area (Å²) in [6.45, 7) is 0.813. The summed E-state index contributed by atoms with van der Waals surface area (Å²) in [7, 11) is 0. The minimum atomic E-state index is -0.377. The molecular weight excluding hydrogens is 586 g/mol. The number of nitrogens with zero attached hydrogens (tertiary/aromatic N) is 4. The maximum Gasteiger partial charge on any atom is 0.254 e. The summed E-state index contributed by atoms with van der Waals surface area (Å²) < 4.78 is 14.6. The molecule has 3 aromatic heterocycles. The minimum absolute atomic E-state index is 0.0253. The van der Waals surface area contributed by atoms with Crippen LogP contribution >= 0.6 is 23.2 Å². The molecule has 10 heteroatoms. The number of rotatable bonds is 9. The third-order valence-electron chi connectivity index (χ3n) is 7.73. The number of H-pyrrole nitrogens is 1. The van der Waals surface area contributed by atoms with Gasteiger partial charge in [-0.3, -0.25) is 19.7 Å². The number of carbonyl (C=O) groups excluding carboxylic acids is 1. The van der Waals surface area contributed by atoms with Gasteiger partial charge >= 0.3 is 0 Å². The van der Waals surface area contributed by atoms with Gasteiger partial charge in [-0.25, -0.2) is 9.37 Å². The van der Waals surface area contributed by atoms with Crippen molar-refractivity contribution in [2.24, 2.45) is 0 Å². The van der Waals surface area contributed by atoms with Crippen LogP contribution in [0, 0.1) is 5.82 Å². The highest BCUT2D eigenvalue weighted by atomic mass is 35.5. The van der Waals surface area contributed by atoms with Crippen LogP contribution < -0.4 is 5.32 Å². The largest absolute Gasteiger partial charge is 0.348 e. The molecule has 1 amide bonds. The van der Waals surface area contributed by atoms with Crippen LogP contribution in [0.5, 0.6) is 0 Å². The second kappa shape index (κ2) is 13.0. The number of hydrogen-bond acceptors (Lipinski definition) is 5. The van der Waals surface area contributed by atoms with Crippen molar-refractivity contribution in [2.75, 3.05) is 0 Å². The molecule has 0 saturated heterocycles. The molecule has 5 aromatic rings. The molecule has 2 atom stereocenters. The molecule has 0 aliphatic heterocycles. The Kier molecular flexibility index (Phi) is 8.79. The first kappa shape index (κ1) is 29.0. The Morgan fingerprint density at radius 1 is 1.02 bits per heavy atom. The predicted octanol–water partition coefficient (Wildman–Crippen LogP) is 7.24. The molecule has 6 rings (SSSR count). The highest BCUT2D eigenvalue weighted by molar-refractivity contribution is 6.39. The number of hydrogen-bond donors (Lipinski definition) is 2. The molecule has 2 unspecified atom stereocenters. The van der Waals surface area contributed by atoms with Crippen LogP contribution in [0.2, 0.25) is 10.0 Å². The summed E-state index contributed by atoms with van der Waals surface area (Å²) in [5.41, 5.74) is 5.20. The van der Waals surface area contributed by atoms with Gasteiger partial charge in [-0.1, -0.05) is 65.7 Å². The van der Waals surface area contributed by atoms with Gasteiger partial charge in [0.1, 0.15) is 11.6 Å². The van der Waals surface area contributed by atoms with Gasteiger partial charge in [-0.05, 0) is 59.7 Å². The van der Waals surface area contributed by atoms with Crippen LogP contribution in [0.1, 0.15) is 69.1 Å². The molecule has 7 nitrogen and oxygen atoms in total. The number of pyridine rings is 2. The average molecular weight is 616 g/mol. The van der Waals surface area contributed by atoms with Crippen molar-refractivity contribution in [2.45, 2.75) is 44.4 Å². The third-order valence-corrected chi connectivity index (χ3v) is 8.30. The number of aryl methyl sites for hydroxylation is 1. The number of nitrogens with one attached hydrogen (secondary N) is 2. The highest BCUT2D eigenvalue weighted by Gasteiger charge is 2.35. The zero-order valence-electron chi connectivity index (χ0n) is 23.2. The quantitative estimate of drug-likeness (QED) is 0.183. The molecule has 0 bridgehead atoms. The lowest BCUT2D eigenvalue weighted by molar-refractivity contribution is 0.0951. The van der Waals surface area contributed by atoms with E-state index < -0.39 is 0 Å². The molecule has 0 radical (unpaired) electrons. The molecule has 218 valence electrons. The molecule has 43 heavy (non-hydrogen) atoms. The molecule has 3 heterocycles. The molecule has 1 aliphatic carbocycles. The van der Waals surface area contributed by atoms with Crippen LogP contribution in [-0.2, 0) is 19.5 Å². The van der Waals surface area contributed by atoms with Crippen LogP contribution in [-0.4, -0.2) is 30.7 Å². The van der Waals surface area contributed by atoms with Gasteiger partial charge in [0.25, 0.3) is 5.91 Å². The number of halogens is 3. The Bertz CT molecular complexity index is 1710. The second-order valence-electron chi connectivity index (χ2n) is 10.5. The fraction of sp³-hybridized carbons (Fsp3) is 0.212. The molecule has 0 saturated carbocycles. The Hall–Kier alpha value is -4.11. The summed E-state index contributed by atoms with van der Waals surface area (Å²) in [5.74, 6) is 0.0461. The van der Waals surface area contributed by atoms with E-state index in [2.05, 4.69) is 43.4 Å². The van der Waals surface area contributed by atoms with Gasteiger partial charge < -0.3 is 10.3 Å². The molecule has 1 aliphatic rings. The van der Waals surface area contributed by atoms with Crippen LogP contribution in [0.15, 0.2) is 91.6 Å². The highest BCUT2D eigenvalue weighted by Crippen LogP contribution is 2.41. The third kappa shape index (κ3) is 6.46. The van der Waals surface area contributed by atoms with Crippen LogP contribution in [0.4, 0.5) is 4.39 Å². The molecule has 0 spiro atoms. The number of fused-ring (bicyclic) bond motifs is 1. The minimum Gasteiger partial charge on any atom is -0.348 e. The Morgan fingerprint density at radius 2 is 1.84 bits per heavy atom. The normalized spacial score (nSPS) is 15.2.